The Bertz CT molecular complexity index is 1010. The van der Waals surface area contributed by atoms with Gasteiger partial charge in [0.2, 0.25) is 23.6 Å². The first-order valence-corrected chi connectivity index (χ1v) is 13.7. The molecule has 6 N–H and O–H groups in total. The van der Waals surface area contributed by atoms with Crippen molar-refractivity contribution in [1.82, 2.24) is 26.2 Å². The molecule has 5 amide bonds. The smallest absolute Gasteiger partial charge is 0.255 e. The van der Waals surface area contributed by atoms with E-state index in [1.807, 2.05) is 0 Å². The Balaban J connectivity index is 1.72. The largest absolute Gasteiger partial charge is 0.493 e. The lowest BCUT2D eigenvalue weighted by Gasteiger charge is -2.27. The second kappa shape index (κ2) is 15.7. The van der Waals surface area contributed by atoms with Gasteiger partial charge in [-0.15, -0.1) is 0 Å². The van der Waals surface area contributed by atoms with Crippen LogP contribution < -0.4 is 31.7 Å². The Morgan fingerprint density at radius 1 is 1.05 bits per heavy atom. The Kier molecular flexibility index (Phi) is 12.0. The van der Waals surface area contributed by atoms with Gasteiger partial charge in [-0.1, -0.05) is 18.6 Å². The summed E-state index contributed by atoms with van der Waals surface area (Å²) in [5, 5.41) is 11.0. The molecule has 0 saturated carbocycles. The van der Waals surface area contributed by atoms with Crippen LogP contribution in [-0.4, -0.2) is 85.9 Å². The van der Waals surface area contributed by atoms with Crippen LogP contribution in [0, 0.1) is 0 Å². The van der Waals surface area contributed by atoms with Crippen LogP contribution in [0.3, 0.4) is 0 Å². The SMILES string of the molecule is NC(=O)CCC1NC(=O)CC[C@@H](C(=O)NCCN2CCCCC2)NC(=O)c2ccccc2OCCCNC1=O. The number of hydrogen-bond donors (Lipinski definition) is 5. The van der Waals surface area contributed by atoms with Gasteiger partial charge in [0, 0.05) is 32.5 Å². The first-order chi connectivity index (χ1) is 18.8. The van der Waals surface area contributed by atoms with Crippen LogP contribution in [0.25, 0.3) is 0 Å². The van der Waals surface area contributed by atoms with Gasteiger partial charge < -0.3 is 36.6 Å². The fourth-order valence-corrected chi connectivity index (χ4v) is 4.61. The molecule has 2 heterocycles. The lowest BCUT2D eigenvalue weighted by molar-refractivity contribution is -0.130. The molecule has 1 unspecified atom stereocenters. The molecular weight excluding hydrogens is 504 g/mol. The number of nitrogens with zero attached hydrogens (tertiary/aromatic N) is 1. The molecule has 0 bridgehead atoms. The fraction of sp³-hybridized carbons (Fsp3) is 0.593. The summed E-state index contributed by atoms with van der Waals surface area (Å²) in [6, 6.07) is 4.78. The third kappa shape index (κ3) is 10.2. The molecule has 1 aromatic carbocycles. The van der Waals surface area contributed by atoms with Gasteiger partial charge in [-0.05, 0) is 57.3 Å². The number of ether oxygens (including phenoxy) is 1. The van der Waals surface area contributed by atoms with E-state index in [1.165, 1.54) is 6.42 Å². The molecule has 1 aromatic rings. The number of hydrogen-bond acceptors (Lipinski definition) is 7. The van der Waals surface area contributed by atoms with E-state index in [9.17, 15) is 24.0 Å². The van der Waals surface area contributed by atoms with Crippen molar-refractivity contribution in [1.29, 1.82) is 0 Å². The van der Waals surface area contributed by atoms with E-state index in [1.54, 1.807) is 24.3 Å². The zero-order valence-corrected chi connectivity index (χ0v) is 22.3. The first kappa shape index (κ1) is 29.9. The monoisotopic (exact) mass is 544 g/mol. The minimum atomic E-state index is -0.983. The Morgan fingerprint density at radius 2 is 1.82 bits per heavy atom. The van der Waals surface area contributed by atoms with Crippen LogP contribution in [0.5, 0.6) is 5.75 Å². The summed E-state index contributed by atoms with van der Waals surface area (Å²) >= 11 is 0. The average molecular weight is 545 g/mol. The third-order valence-electron chi connectivity index (χ3n) is 6.80. The number of fused-ring (bicyclic) bond motifs is 1. The zero-order valence-electron chi connectivity index (χ0n) is 22.3. The van der Waals surface area contributed by atoms with Gasteiger partial charge in [0.05, 0.1) is 12.2 Å². The van der Waals surface area contributed by atoms with Crippen molar-refractivity contribution in [2.24, 2.45) is 5.73 Å². The van der Waals surface area contributed by atoms with Crippen LogP contribution in [0.1, 0.15) is 61.7 Å². The summed E-state index contributed by atoms with van der Waals surface area (Å²) in [6.45, 7) is 3.63. The van der Waals surface area contributed by atoms with Crippen LogP contribution >= 0.6 is 0 Å². The highest BCUT2D eigenvalue weighted by Gasteiger charge is 2.26. The van der Waals surface area contributed by atoms with Crippen molar-refractivity contribution < 1.29 is 28.7 Å². The van der Waals surface area contributed by atoms with E-state index in [0.29, 0.717) is 25.3 Å². The summed E-state index contributed by atoms with van der Waals surface area (Å²) in [5.74, 6) is -2.01. The fourth-order valence-electron chi connectivity index (χ4n) is 4.61. The van der Waals surface area contributed by atoms with E-state index >= 15 is 0 Å². The maximum absolute atomic E-state index is 13.2. The normalized spacial score (nSPS) is 21.9. The van der Waals surface area contributed by atoms with Crippen molar-refractivity contribution >= 4 is 29.5 Å². The number of piperidine rings is 1. The van der Waals surface area contributed by atoms with Gasteiger partial charge in [-0.2, -0.15) is 0 Å². The molecule has 12 heteroatoms. The molecule has 2 aliphatic heterocycles. The molecule has 12 nitrogen and oxygen atoms in total. The predicted octanol–water partition coefficient (Wildman–Crippen LogP) is -0.184. The number of benzene rings is 1. The van der Waals surface area contributed by atoms with Crippen LogP contribution in [0.2, 0.25) is 0 Å². The lowest BCUT2D eigenvalue weighted by atomic mass is 10.1. The van der Waals surface area contributed by atoms with E-state index in [4.69, 9.17) is 10.5 Å². The molecule has 0 spiro atoms. The van der Waals surface area contributed by atoms with E-state index in [-0.39, 0.29) is 44.4 Å². The average Bonchev–Trinajstić information content (AvgIpc) is 2.93. The number of likely N-dealkylation sites (tertiary alicyclic amines) is 1. The Hall–Kier alpha value is -3.67. The minimum absolute atomic E-state index is 0.0142. The van der Waals surface area contributed by atoms with Crippen molar-refractivity contribution in [3.63, 3.8) is 0 Å². The van der Waals surface area contributed by atoms with Crippen molar-refractivity contribution in [3.8, 4) is 5.75 Å². The summed E-state index contributed by atoms with van der Waals surface area (Å²) in [5.41, 5.74) is 5.51. The molecule has 0 aliphatic carbocycles. The van der Waals surface area contributed by atoms with Gasteiger partial charge in [-0.3, -0.25) is 24.0 Å². The number of rotatable bonds is 7. The molecule has 2 atom stereocenters. The zero-order chi connectivity index (χ0) is 28.0. The second-order valence-electron chi connectivity index (χ2n) is 9.87. The minimum Gasteiger partial charge on any atom is -0.493 e. The van der Waals surface area contributed by atoms with Crippen molar-refractivity contribution in [2.75, 3.05) is 39.3 Å². The second-order valence-corrected chi connectivity index (χ2v) is 9.87. The van der Waals surface area contributed by atoms with Crippen molar-refractivity contribution in [2.45, 2.75) is 63.5 Å². The Morgan fingerprint density at radius 3 is 2.59 bits per heavy atom. The number of carbonyl (C=O) groups is 5. The quantitative estimate of drug-likeness (QED) is 0.317. The number of primary amides is 1. The summed E-state index contributed by atoms with van der Waals surface area (Å²) in [4.78, 5) is 65.3. The molecule has 0 radical (unpaired) electrons. The Labute approximate surface area is 228 Å². The summed E-state index contributed by atoms with van der Waals surface area (Å²) in [6.07, 6.45) is 3.81. The molecule has 39 heavy (non-hydrogen) atoms. The molecular formula is C27H40N6O6. The number of nitrogens with two attached hydrogens (primary N) is 1. The molecule has 3 rings (SSSR count). The molecule has 2 aliphatic rings. The van der Waals surface area contributed by atoms with Crippen molar-refractivity contribution in [3.05, 3.63) is 29.8 Å². The maximum Gasteiger partial charge on any atom is 0.255 e. The van der Waals surface area contributed by atoms with Gasteiger partial charge in [0.15, 0.2) is 0 Å². The predicted molar refractivity (Wildman–Crippen MR) is 144 cm³/mol. The number of para-hydroxylation sites is 1. The highest BCUT2D eigenvalue weighted by molar-refractivity contribution is 5.99. The number of nitrogens with one attached hydrogen (secondary N) is 4. The van der Waals surface area contributed by atoms with Crippen LogP contribution in [0.4, 0.5) is 0 Å². The molecule has 0 aromatic heterocycles. The third-order valence-corrected chi connectivity index (χ3v) is 6.80. The lowest BCUT2D eigenvalue weighted by Crippen LogP contribution is -2.50. The molecule has 1 fully saturated rings. The first-order valence-electron chi connectivity index (χ1n) is 13.7. The van der Waals surface area contributed by atoms with Crippen LogP contribution in [0.15, 0.2) is 24.3 Å². The summed E-state index contributed by atoms with van der Waals surface area (Å²) in [7, 11) is 0. The van der Waals surface area contributed by atoms with E-state index < -0.39 is 41.6 Å². The van der Waals surface area contributed by atoms with E-state index in [2.05, 4.69) is 26.2 Å². The highest BCUT2D eigenvalue weighted by atomic mass is 16.5. The van der Waals surface area contributed by atoms with Gasteiger partial charge in [-0.25, -0.2) is 0 Å². The van der Waals surface area contributed by atoms with Crippen LogP contribution in [-0.2, 0) is 19.2 Å². The molecule has 1 saturated heterocycles. The molecule has 214 valence electrons. The number of amides is 5. The van der Waals surface area contributed by atoms with Gasteiger partial charge in [0.1, 0.15) is 17.8 Å². The van der Waals surface area contributed by atoms with Gasteiger partial charge in [0.25, 0.3) is 5.91 Å². The summed E-state index contributed by atoms with van der Waals surface area (Å²) < 4.78 is 5.80. The number of carbonyl (C=O) groups excluding carboxylic acids is 5. The standard InChI is InChI=1S/C27H40N6O6/c28-23(34)11-9-20-26(37)29-13-6-18-39-22-8-3-2-7-19(22)25(36)32-21(10-12-24(35)31-20)27(38)30-14-17-33-15-4-1-5-16-33/h2-3,7-8,20-21H,1,4-6,9-18H2,(H2,28,34)(H,29,37)(H,30,38)(H,31,35)(H,32,36)/t20?,21-/m0/s1. The maximum atomic E-state index is 13.2. The van der Waals surface area contributed by atoms with Gasteiger partial charge >= 0.3 is 0 Å². The topological polar surface area (TPSA) is 172 Å². The highest BCUT2D eigenvalue weighted by Crippen LogP contribution is 2.19. The van der Waals surface area contributed by atoms with E-state index in [0.717, 1.165) is 25.9 Å².